The molecule has 0 aromatic heterocycles. The van der Waals surface area contributed by atoms with Gasteiger partial charge in [-0.05, 0) is 36.2 Å². The molecule has 0 heterocycles. The summed E-state index contributed by atoms with van der Waals surface area (Å²) in [7, 11) is 0. The van der Waals surface area contributed by atoms with Crippen molar-refractivity contribution in [1.82, 2.24) is 5.32 Å². The first kappa shape index (κ1) is 16.9. The Balaban J connectivity index is 2.04. The van der Waals surface area contributed by atoms with Crippen LogP contribution in [0.15, 0.2) is 42.5 Å². The zero-order valence-corrected chi connectivity index (χ0v) is 13.1. The summed E-state index contributed by atoms with van der Waals surface area (Å²) in [5, 5.41) is 24.0. The third kappa shape index (κ3) is 4.51. The summed E-state index contributed by atoms with van der Waals surface area (Å²) >= 11 is 5.77. The Morgan fingerprint density at radius 1 is 1.30 bits per heavy atom. The highest BCUT2D eigenvalue weighted by Crippen LogP contribution is 2.18. The quantitative estimate of drug-likeness (QED) is 0.649. The number of nitrogens with one attached hydrogen (secondary N) is 1. The van der Waals surface area contributed by atoms with Gasteiger partial charge < -0.3 is 10.4 Å². The number of carbonyl (C=O) groups excluding carboxylic acids is 1. The first-order chi connectivity index (χ1) is 10.9. The molecular weight excluding hydrogens is 320 g/mol. The second-order valence-corrected chi connectivity index (χ2v) is 5.53. The molecule has 2 aromatic carbocycles. The molecule has 0 aliphatic rings. The summed E-state index contributed by atoms with van der Waals surface area (Å²) in [6.45, 7) is 1.66. The number of aliphatic hydroxyl groups is 1. The molecule has 1 unspecified atom stereocenters. The fourth-order valence-electron chi connectivity index (χ4n) is 2.09. The topological polar surface area (TPSA) is 92.5 Å². The second kappa shape index (κ2) is 7.21. The van der Waals surface area contributed by atoms with Crippen LogP contribution in [0, 0.1) is 17.0 Å². The fraction of sp³-hybridized carbons (Fsp3) is 0.188. The lowest BCUT2D eigenvalue weighted by molar-refractivity contribution is -0.384. The molecule has 7 heteroatoms. The summed E-state index contributed by atoms with van der Waals surface area (Å²) < 4.78 is 0. The highest BCUT2D eigenvalue weighted by atomic mass is 35.5. The van der Waals surface area contributed by atoms with Crippen LogP contribution in [0.25, 0.3) is 0 Å². The maximum atomic E-state index is 12.1. The van der Waals surface area contributed by atoms with Gasteiger partial charge in [-0.15, -0.1) is 0 Å². The van der Waals surface area contributed by atoms with Crippen LogP contribution >= 0.6 is 11.6 Å². The van der Waals surface area contributed by atoms with Crippen LogP contribution in [-0.2, 0) is 0 Å². The molecule has 120 valence electrons. The number of aryl methyl sites for hydroxylation is 1. The normalized spacial score (nSPS) is 11.8. The van der Waals surface area contributed by atoms with Gasteiger partial charge in [0.1, 0.15) is 0 Å². The number of amides is 1. The van der Waals surface area contributed by atoms with Gasteiger partial charge in [0, 0.05) is 29.3 Å². The van der Waals surface area contributed by atoms with Gasteiger partial charge in [-0.25, -0.2) is 0 Å². The van der Waals surface area contributed by atoms with Crippen molar-refractivity contribution >= 4 is 23.2 Å². The minimum absolute atomic E-state index is 0.0117. The number of nitro benzene ring substituents is 1. The average molecular weight is 335 g/mol. The molecule has 0 fully saturated rings. The molecule has 0 bridgehead atoms. The molecule has 2 N–H and O–H groups in total. The fourth-order valence-corrected chi connectivity index (χ4v) is 2.22. The van der Waals surface area contributed by atoms with Gasteiger partial charge in [0.05, 0.1) is 11.0 Å². The van der Waals surface area contributed by atoms with E-state index in [1.807, 2.05) is 0 Å². The van der Waals surface area contributed by atoms with Crippen LogP contribution in [0.2, 0.25) is 5.02 Å². The Hall–Kier alpha value is -2.44. The van der Waals surface area contributed by atoms with Crippen LogP contribution < -0.4 is 5.32 Å². The van der Waals surface area contributed by atoms with E-state index in [2.05, 4.69) is 5.32 Å². The van der Waals surface area contributed by atoms with Crippen molar-refractivity contribution < 1.29 is 14.8 Å². The van der Waals surface area contributed by atoms with Crippen molar-refractivity contribution in [2.24, 2.45) is 0 Å². The van der Waals surface area contributed by atoms with Crippen molar-refractivity contribution in [3.63, 3.8) is 0 Å². The number of hydrogen-bond acceptors (Lipinski definition) is 4. The van der Waals surface area contributed by atoms with E-state index < -0.39 is 16.9 Å². The number of aliphatic hydroxyl groups excluding tert-OH is 1. The molecule has 6 nitrogen and oxygen atoms in total. The summed E-state index contributed by atoms with van der Waals surface area (Å²) in [4.78, 5) is 22.4. The first-order valence-electron chi connectivity index (χ1n) is 6.84. The molecule has 1 amide bonds. The van der Waals surface area contributed by atoms with Crippen LogP contribution in [0.4, 0.5) is 5.69 Å². The highest BCUT2D eigenvalue weighted by Gasteiger charge is 2.15. The molecule has 0 saturated carbocycles. The average Bonchev–Trinajstić information content (AvgIpc) is 2.52. The number of carbonyl (C=O) groups is 1. The summed E-state index contributed by atoms with van der Waals surface area (Å²) in [5.41, 5.74) is 1.26. The van der Waals surface area contributed by atoms with Gasteiger partial charge in [-0.2, -0.15) is 0 Å². The molecule has 1 atom stereocenters. The maximum absolute atomic E-state index is 12.1. The van der Waals surface area contributed by atoms with Crippen LogP contribution in [0.1, 0.15) is 27.6 Å². The van der Waals surface area contributed by atoms with E-state index in [9.17, 15) is 20.0 Å². The van der Waals surface area contributed by atoms with Crippen molar-refractivity contribution in [2.45, 2.75) is 13.0 Å². The molecule has 2 aromatic rings. The lowest BCUT2D eigenvalue weighted by Gasteiger charge is -2.12. The molecule has 0 aliphatic carbocycles. The first-order valence-corrected chi connectivity index (χ1v) is 7.22. The Morgan fingerprint density at radius 2 is 1.96 bits per heavy atom. The van der Waals surface area contributed by atoms with Gasteiger partial charge in [0.15, 0.2) is 0 Å². The smallest absolute Gasteiger partial charge is 0.270 e. The Bertz CT molecular complexity index is 731. The summed E-state index contributed by atoms with van der Waals surface area (Å²) in [6.07, 6.45) is -0.893. The zero-order valence-electron chi connectivity index (χ0n) is 12.3. The second-order valence-electron chi connectivity index (χ2n) is 5.09. The van der Waals surface area contributed by atoms with Crippen molar-refractivity contribution in [3.8, 4) is 0 Å². The van der Waals surface area contributed by atoms with Gasteiger partial charge >= 0.3 is 0 Å². The van der Waals surface area contributed by atoms with Crippen molar-refractivity contribution in [3.05, 3.63) is 74.3 Å². The van der Waals surface area contributed by atoms with E-state index >= 15 is 0 Å². The third-order valence-corrected chi connectivity index (χ3v) is 3.50. The minimum Gasteiger partial charge on any atom is -0.387 e. The maximum Gasteiger partial charge on any atom is 0.270 e. The van der Waals surface area contributed by atoms with Gasteiger partial charge in [-0.1, -0.05) is 23.7 Å². The standard InChI is InChI=1S/C16H15ClN2O4/c1-10-6-12(8-14(7-10)19(22)23)16(21)18-9-15(20)11-2-4-13(17)5-3-11/h2-8,15,20H,9H2,1H3,(H,18,21). The van der Waals surface area contributed by atoms with E-state index in [0.717, 1.165) is 0 Å². The molecule has 0 aliphatic heterocycles. The molecule has 23 heavy (non-hydrogen) atoms. The molecule has 0 spiro atoms. The molecular formula is C16H15ClN2O4. The summed E-state index contributed by atoms with van der Waals surface area (Å²) in [6, 6.07) is 10.8. The number of non-ortho nitro benzene ring substituents is 1. The van der Waals surface area contributed by atoms with E-state index in [4.69, 9.17) is 11.6 Å². The predicted octanol–water partition coefficient (Wildman–Crippen LogP) is 3.02. The van der Waals surface area contributed by atoms with Gasteiger partial charge in [0.2, 0.25) is 0 Å². The third-order valence-electron chi connectivity index (χ3n) is 3.25. The number of rotatable bonds is 5. The van der Waals surface area contributed by atoms with E-state index in [0.29, 0.717) is 16.1 Å². The monoisotopic (exact) mass is 334 g/mol. The lowest BCUT2D eigenvalue weighted by Crippen LogP contribution is -2.28. The van der Waals surface area contributed by atoms with E-state index in [1.165, 1.54) is 12.1 Å². The predicted molar refractivity (Wildman–Crippen MR) is 86.6 cm³/mol. The van der Waals surface area contributed by atoms with E-state index in [1.54, 1.807) is 37.3 Å². The zero-order chi connectivity index (χ0) is 17.0. The number of benzene rings is 2. The van der Waals surface area contributed by atoms with Crippen molar-refractivity contribution in [1.29, 1.82) is 0 Å². The Labute approximate surface area is 137 Å². The largest absolute Gasteiger partial charge is 0.387 e. The summed E-state index contributed by atoms with van der Waals surface area (Å²) in [5.74, 6) is -0.482. The van der Waals surface area contributed by atoms with Crippen LogP contribution in [0.5, 0.6) is 0 Å². The lowest BCUT2D eigenvalue weighted by atomic mass is 10.1. The highest BCUT2D eigenvalue weighted by molar-refractivity contribution is 6.30. The van der Waals surface area contributed by atoms with Crippen molar-refractivity contribution in [2.75, 3.05) is 6.54 Å². The molecule has 0 saturated heterocycles. The number of nitro groups is 1. The number of nitrogens with zero attached hydrogens (tertiary/aromatic N) is 1. The Morgan fingerprint density at radius 3 is 2.57 bits per heavy atom. The molecule has 0 radical (unpaired) electrons. The molecule has 2 rings (SSSR count). The van der Waals surface area contributed by atoms with Gasteiger partial charge in [0.25, 0.3) is 11.6 Å². The number of hydrogen-bond donors (Lipinski definition) is 2. The van der Waals surface area contributed by atoms with Crippen LogP contribution in [0.3, 0.4) is 0 Å². The minimum atomic E-state index is -0.893. The number of halogens is 1. The van der Waals surface area contributed by atoms with Gasteiger partial charge in [-0.3, -0.25) is 14.9 Å². The Kier molecular flexibility index (Phi) is 5.31. The van der Waals surface area contributed by atoms with Crippen LogP contribution in [-0.4, -0.2) is 22.5 Å². The SMILES string of the molecule is Cc1cc(C(=O)NCC(O)c2ccc(Cl)cc2)cc([N+](=O)[O-])c1. The van der Waals surface area contributed by atoms with E-state index in [-0.39, 0.29) is 17.8 Å².